The Balaban J connectivity index is 2.04. The number of nitrogens with one attached hydrogen (secondary N) is 1. The Morgan fingerprint density at radius 2 is 1.86 bits per heavy atom. The van der Waals surface area contributed by atoms with E-state index >= 15 is 0 Å². The monoisotopic (exact) mass is 300 g/mol. The lowest BCUT2D eigenvalue weighted by atomic mass is 10.2. The molecule has 1 heterocycles. The molecular formula is C17H24N4O. The molecular weight excluding hydrogens is 276 g/mol. The number of amides is 1. The first-order chi connectivity index (χ1) is 10.6. The highest BCUT2D eigenvalue weighted by Crippen LogP contribution is 2.19. The van der Waals surface area contributed by atoms with E-state index in [0.29, 0.717) is 0 Å². The first kappa shape index (κ1) is 16.1. The molecule has 0 aliphatic carbocycles. The number of aromatic nitrogens is 2. The summed E-state index contributed by atoms with van der Waals surface area (Å²) in [6.07, 6.45) is 1.71. The lowest BCUT2D eigenvalue weighted by Crippen LogP contribution is -2.25. The van der Waals surface area contributed by atoms with E-state index < -0.39 is 0 Å². The zero-order chi connectivity index (χ0) is 16.1. The lowest BCUT2D eigenvalue weighted by molar-refractivity contribution is -0.119. The molecule has 5 nitrogen and oxygen atoms in total. The number of aryl methyl sites for hydroxylation is 1. The van der Waals surface area contributed by atoms with Crippen LogP contribution in [0.1, 0.15) is 32.5 Å². The largest absolute Gasteiger partial charge is 0.372 e. The van der Waals surface area contributed by atoms with Gasteiger partial charge >= 0.3 is 0 Å². The van der Waals surface area contributed by atoms with Crippen molar-refractivity contribution in [2.24, 2.45) is 0 Å². The van der Waals surface area contributed by atoms with E-state index in [9.17, 15) is 4.79 Å². The fourth-order valence-electron chi connectivity index (χ4n) is 2.49. The topological polar surface area (TPSA) is 50.2 Å². The van der Waals surface area contributed by atoms with Crippen molar-refractivity contribution in [3.8, 4) is 0 Å². The molecule has 0 aliphatic heterocycles. The number of rotatable bonds is 6. The predicted octanol–water partition coefficient (Wildman–Crippen LogP) is 3.24. The van der Waals surface area contributed by atoms with Gasteiger partial charge in [0.1, 0.15) is 6.04 Å². The van der Waals surface area contributed by atoms with Crippen LogP contribution in [-0.4, -0.2) is 28.8 Å². The molecule has 0 fully saturated rings. The molecule has 1 amide bonds. The zero-order valence-electron chi connectivity index (χ0n) is 13.7. The maximum Gasteiger partial charge on any atom is 0.248 e. The number of anilines is 2. The summed E-state index contributed by atoms with van der Waals surface area (Å²) < 4.78 is 1.72. The minimum Gasteiger partial charge on any atom is -0.372 e. The van der Waals surface area contributed by atoms with Crippen molar-refractivity contribution >= 4 is 17.3 Å². The van der Waals surface area contributed by atoms with Crippen molar-refractivity contribution in [2.75, 3.05) is 23.3 Å². The summed E-state index contributed by atoms with van der Waals surface area (Å²) in [5.41, 5.74) is 2.94. The molecule has 2 rings (SSSR count). The van der Waals surface area contributed by atoms with E-state index in [2.05, 4.69) is 29.2 Å². The molecule has 5 heteroatoms. The van der Waals surface area contributed by atoms with Crippen molar-refractivity contribution in [1.29, 1.82) is 0 Å². The van der Waals surface area contributed by atoms with Gasteiger partial charge in [0, 0.05) is 36.4 Å². The number of carbonyl (C=O) groups excluding carboxylic acids is 1. The predicted molar refractivity (Wildman–Crippen MR) is 90.3 cm³/mol. The molecule has 118 valence electrons. The van der Waals surface area contributed by atoms with Crippen LogP contribution in [0, 0.1) is 6.92 Å². The lowest BCUT2D eigenvalue weighted by Gasteiger charge is -2.21. The Morgan fingerprint density at radius 1 is 1.23 bits per heavy atom. The first-order valence-electron chi connectivity index (χ1n) is 7.72. The number of carbonyl (C=O) groups is 1. The zero-order valence-corrected chi connectivity index (χ0v) is 13.7. The van der Waals surface area contributed by atoms with Gasteiger partial charge in [-0.05, 0) is 58.0 Å². The molecule has 1 unspecified atom stereocenters. The molecule has 0 aliphatic rings. The summed E-state index contributed by atoms with van der Waals surface area (Å²) in [5, 5.41) is 7.13. The Bertz CT molecular complexity index is 614. The minimum absolute atomic E-state index is 0.0672. The summed E-state index contributed by atoms with van der Waals surface area (Å²) in [6.45, 7) is 9.99. The highest BCUT2D eigenvalue weighted by Gasteiger charge is 2.17. The molecule has 0 bridgehead atoms. The number of nitrogens with zero attached hydrogens (tertiary/aromatic N) is 3. The van der Waals surface area contributed by atoms with E-state index in [-0.39, 0.29) is 11.9 Å². The van der Waals surface area contributed by atoms with Gasteiger partial charge in [0.15, 0.2) is 0 Å². The standard InChI is InChI=1S/C17H24N4O/c1-5-20(6-2)16-9-7-15(8-10-16)19-17(22)14(4)21-13(3)11-12-18-21/h7-12,14H,5-6H2,1-4H3,(H,19,22). The van der Waals surface area contributed by atoms with Crippen LogP contribution in [0.5, 0.6) is 0 Å². The van der Waals surface area contributed by atoms with Crippen molar-refractivity contribution < 1.29 is 4.79 Å². The molecule has 1 aromatic heterocycles. The fourth-order valence-corrected chi connectivity index (χ4v) is 2.49. The summed E-state index contributed by atoms with van der Waals surface area (Å²) in [6, 6.07) is 9.50. The Labute approximate surface area is 131 Å². The van der Waals surface area contributed by atoms with Gasteiger partial charge in [0.05, 0.1) is 0 Å². The molecule has 22 heavy (non-hydrogen) atoms. The van der Waals surface area contributed by atoms with Crippen LogP contribution < -0.4 is 10.2 Å². The number of benzene rings is 1. The van der Waals surface area contributed by atoms with Gasteiger partial charge in [-0.2, -0.15) is 5.10 Å². The third-order valence-corrected chi connectivity index (χ3v) is 3.88. The van der Waals surface area contributed by atoms with Gasteiger partial charge in [0.25, 0.3) is 0 Å². The molecule has 2 aromatic rings. The number of hydrogen-bond acceptors (Lipinski definition) is 3. The van der Waals surface area contributed by atoms with Gasteiger partial charge in [-0.3, -0.25) is 9.48 Å². The molecule has 1 N–H and O–H groups in total. The van der Waals surface area contributed by atoms with E-state index in [1.807, 2.05) is 44.2 Å². The summed E-state index contributed by atoms with van der Waals surface area (Å²) in [7, 11) is 0. The van der Waals surface area contributed by atoms with Crippen molar-refractivity contribution in [1.82, 2.24) is 9.78 Å². The van der Waals surface area contributed by atoms with E-state index in [0.717, 1.165) is 24.5 Å². The van der Waals surface area contributed by atoms with Crippen molar-refractivity contribution in [3.63, 3.8) is 0 Å². The average Bonchev–Trinajstić information content (AvgIpc) is 2.95. The van der Waals surface area contributed by atoms with E-state index in [1.54, 1.807) is 10.9 Å². The quantitative estimate of drug-likeness (QED) is 0.891. The summed E-state index contributed by atoms with van der Waals surface area (Å²) in [5.74, 6) is -0.0672. The Kier molecular flexibility index (Phi) is 5.20. The first-order valence-corrected chi connectivity index (χ1v) is 7.72. The summed E-state index contributed by atoms with van der Waals surface area (Å²) >= 11 is 0. The molecule has 0 saturated carbocycles. The van der Waals surface area contributed by atoms with Crippen LogP contribution in [0.3, 0.4) is 0 Å². The van der Waals surface area contributed by atoms with Crippen LogP contribution >= 0.6 is 0 Å². The van der Waals surface area contributed by atoms with Crippen LogP contribution in [-0.2, 0) is 4.79 Å². The summed E-state index contributed by atoms with van der Waals surface area (Å²) in [4.78, 5) is 14.6. The van der Waals surface area contributed by atoms with Crippen molar-refractivity contribution in [3.05, 3.63) is 42.2 Å². The molecule has 0 spiro atoms. The van der Waals surface area contributed by atoms with E-state index in [4.69, 9.17) is 0 Å². The van der Waals surface area contributed by atoms with Crippen LogP contribution in [0.2, 0.25) is 0 Å². The van der Waals surface area contributed by atoms with Crippen LogP contribution in [0.25, 0.3) is 0 Å². The van der Waals surface area contributed by atoms with Gasteiger partial charge in [-0.15, -0.1) is 0 Å². The fraction of sp³-hybridized carbons (Fsp3) is 0.412. The second-order valence-corrected chi connectivity index (χ2v) is 5.30. The van der Waals surface area contributed by atoms with Gasteiger partial charge < -0.3 is 10.2 Å². The molecule has 1 aromatic carbocycles. The Morgan fingerprint density at radius 3 is 2.36 bits per heavy atom. The van der Waals surface area contributed by atoms with Gasteiger partial charge in [-0.25, -0.2) is 0 Å². The SMILES string of the molecule is CCN(CC)c1ccc(NC(=O)C(C)n2nccc2C)cc1. The third kappa shape index (κ3) is 3.47. The second-order valence-electron chi connectivity index (χ2n) is 5.30. The highest BCUT2D eigenvalue weighted by atomic mass is 16.2. The molecule has 1 atom stereocenters. The third-order valence-electron chi connectivity index (χ3n) is 3.88. The van der Waals surface area contributed by atoms with Crippen molar-refractivity contribution in [2.45, 2.75) is 33.7 Å². The van der Waals surface area contributed by atoms with Crippen LogP contribution in [0.15, 0.2) is 36.5 Å². The van der Waals surface area contributed by atoms with Gasteiger partial charge in [0.2, 0.25) is 5.91 Å². The van der Waals surface area contributed by atoms with E-state index in [1.165, 1.54) is 5.69 Å². The maximum atomic E-state index is 12.3. The smallest absolute Gasteiger partial charge is 0.248 e. The Hall–Kier alpha value is -2.30. The molecule has 0 radical (unpaired) electrons. The minimum atomic E-state index is -0.336. The average molecular weight is 300 g/mol. The second kappa shape index (κ2) is 7.11. The normalized spacial score (nSPS) is 12.0. The molecule has 0 saturated heterocycles. The maximum absolute atomic E-state index is 12.3. The highest BCUT2D eigenvalue weighted by molar-refractivity contribution is 5.93. The van der Waals surface area contributed by atoms with Crippen LogP contribution in [0.4, 0.5) is 11.4 Å². The van der Waals surface area contributed by atoms with Gasteiger partial charge in [-0.1, -0.05) is 0 Å². The number of hydrogen-bond donors (Lipinski definition) is 1.